The van der Waals surface area contributed by atoms with Crippen molar-refractivity contribution in [2.24, 2.45) is 0 Å². The lowest BCUT2D eigenvalue weighted by Gasteiger charge is -1.97. The van der Waals surface area contributed by atoms with Crippen LogP contribution in [0, 0.1) is 5.82 Å². The summed E-state index contributed by atoms with van der Waals surface area (Å²) >= 11 is 6.64. The molecule has 7 heteroatoms. The molecule has 0 radical (unpaired) electrons. The number of halogens is 2. The van der Waals surface area contributed by atoms with Crippen LogP contribution in [0.4, 0.5) is 9.39 Å². The van der Waals surface area contributed by atoms with E-state index < -0.39 is 11.8 Å². The van der Waals surface area contributed by atoms with Crippen LogP contribution in [0.5, 0.6) is 0 Å². The highest BCUT2D eigenvalue weighted by molar-refractivity contribution is 7.19. The largest absolute Gasteiger partial charge is 0.476 e. The Hall–Kier alpha value is -1.66. The van der Waals surface area contributed by atoms with Crippen molar-refractivity contribution in [1.29, 1.82) is 0 Å². The van der Waals surface area contributed by atoms with Gasteiger partial charge in [-0.3, -0.25) is 0 Å². The number of anilines is 1. The van der Waals surface area contributed by atoms with Crippen LogP contribution < -0.4 is 5.73 Å². The molecule has 0 aliphatic heterocycles. The number of carboxylic acid groups (broad SMARTS) is 1. The molecule has 88 valence electrons. The Kier molecular flexibility index (Phi) is 2.99. The maximum absolute atomic E-state index is 13.0. The van der Waals surface area contributed by atoms with Gasteiger partial charge in [-0.1, -0.05) is 22.9 Å². The van der Waals surface area contributed by atoms with E-state index in [4.69, 9.17) is 22.4 Å². The molecule has 0 amide bonds. The summed E-state index contributed by atoms with van der Waals surface area (Å²) in [7, 11) is 0. The highest BCUT2D eigenvalue weighted by Gasteiger charge is 2.16. The fourth-order valence-corrected chi connectivity index (χ4v) is 2.24. The van der Waals surface area contributed by atoms with Crippen molar-refractivity contribution in [3.8, 4) is 10.6 Å². The Balaban J connectivity index is 2.50. The van der Waals surface area contributed by atoms with E-state index >= 15 is 0 Å². The molecule has 17 heavy (non-hydrogen) atoms. The zero-order valence-corrected chi connectivity index (χ0v) is 9.85. The maximum atomic E-state index is 13.0. The van der Waals surface area contributed by atoms with E-state index in [0.29, 0.717) is 10.6 Å². The zero-order valence-electron chi connectivity index (χ0n) is 8.28. The molecule has 0 fully saturated rings. The first-order chi connectivity index (χ1) is 7.99. The molecule has 0 saturated heterocycles. The summed E-state index contributed by atoms with van der Waals surface area (Å²) < 4.78 is 13.0. The number of hydrogen-bond acceptors (Lipinski definition) is 4. The summed E-state index contributed by atoms with van der Waals surface area (Å²) in [6.07, 6.45) is 0. The first kappa shape index (κ1) is 11.8. The van der Waals surface area contributed by atoms with Crippen LogP contribution >= 0.6 is 22.9 Å². The fraction of sp³-hybridized carbons (Fsp3) is 0. The lowest BCUT2D eigenvalue weighted by molar-refractivity contribution is 0.0692. The molecule has 1 aromatic heterocycles. The van der Waals surface area contributed by atoms with Gasteiger partial charge in [-0.15, -0.1) is 0 Å². The second-order valence-corrected chi connectivity index (χ2v) is 4.60. The minimum absolute atomic E-state index is 0.0480. The van der Waals surface area contributed by atoms with Crippen molar-refractivity contribution in [3.05, 3.63) is 34.7 Å². The Labute approximate surface area is 104 Å². The molecule has 0 atom stereocenters. The van der Waals surface area contributed by atoms with Crippen molar-refractivity contribution in [1.82, 2.24) is 4.98 Å². The van der Waals surface area contributed by atoms with Crippen LogP contribution in [0.1, 0.15) is 10.5 Å². The van der Waals surface area contributed by atoms with Gasteiger partial charge in [-0.2, -0.15) is 0 Å². The average Bonchev–Trinajstić information content (AvgIpc) is 2.64. The van der Waals surface area contributed by atoms with Crippen LogP contribution in [0.3, 0.4) is 0 Å². The van der Waals surface area contributed by atoms with E-state index in [0.717, 1.165) is 11.3 Å². The molecule has 2 aromatic rings. The third-order valence-electron chi connectivity index (χ3n) is 2.02. The Morgan fingerprint density at radius 2 is 2.24 bits per heavy atom. The molecule has 3 N–H and O–H groups in total. The SMILES string of the molecule is Nc1sc(-c2ccc(F)c(Cl)c2)nc1C(=O)O. The number of aromatic nitrogens is 1. The maximum Gasteiger partial charge on any atom is 0.357 e. The minimum Gasteiger partial charge on any atom is -0.476 e. The lowest BCUT2D eigenvalue weighted by Crippen LogP contribution is -2.00. The number of carboxylic acids is 1. The van der Waals surface area contributed by atoms with Gasteiger partial charge >= 0.3 is 5.97 Å². The predicted molar refractivity (Wildman–Crippen MR) is 63.9 cm³/mol. The van der Waals surface area contributed by atoms with Crippen molar-refractivity contribution < 1.29 is 14.3 Å². The van der Waals surface area contributed by atoms with Crippen molar-refractivity contribution in [2.45, 2.75) is 0 Å². The van der Waals surface area contributed by atoms with Crippen molar-refractivity contribution in [3.63, 3.8) is 0 Å². The quantitative estimate of drug-likeness (QED) is 0.881. The molecular formula is C10H6ClFN2O2S. The molecule has 0 unspecified atom stereocenters. The third-order valence-corrected chi connectivity index (χ3v) is 3.25. The molecule has 2 rings (SSSR count). The summed E-state index contributed by atoms with van der Waals surface area (Å²) in [6.45, 7) is 0. The van der Waals surface area contributed by atoms with Gasteiger partial charge in [0, 0.05) is 5.56 Å². The summed E-state index contributed by atoms with van der Waals surface area (Å²) in [5.74, 6) is -1.74. The highest BCUT2D eigenvalue weighted by atomic mass is 35.5. The first-order valence-electron chi connectivity index (χ1n) is 4.44. The van der Waals surface area contributed by atoms with Crippen LogP contribution in [0.15, 0.2) is 18.2 Å². The van der Waals surface area contributed by atoms with Gasteiger partial charge in [-0.25, -0.2) is 14.2 Å². The predicted octanol–water partition coefficient (Wildman–Crippen LogP) is 2.88. The number of benzene rings is 1. The number of carbonyl (C=O) groups is 1. The summed E-state index contributed by atoms with van der Waals surface area (Å²) in [5.41, 5.74) is 5.84. The van der Waals surface area contributed by atoms with Crippen LogP contribution in [0.2, 0.25) is 5.02 Å². The fourth-order valence-electron chi connectivity index (χ4n) is 1.24. The molecule has 0 aliphatic carbocycles. The second kappa shape index (κ2) is 4.31. The normalized spacial score (nSPS) is 10.5. The van der Waals surface area contributed by atoms with Gasteiger partial charge in [0.15, 0.2) is 5.69 Å². The highest BCUT2D eigenvalue weighted by Crippen LogP contribution is 2.31. The third kappa shape index (κ3) is 2.22. The van der Waals surface area contributed by atoms with Gasteiger partial charge in [0.05, 0.1) is 5.02 Å². The molecule has 0 aliphatic rings. The summed E-state index contributed by atoms with van der Waals surface area (Å²) in [5, 5.41) is 9.25. The van der Waals surface area contributed by atoms with E-state index in [2.05, 4.69) is 4.98 Å². The molecular weight excluding hydrogens is 267 g/mol. The van der Waals surface area contributed by atoms with Gasteiger partial charge in [0.1, 0.15) is 15.8 Å². The standard InChI is InChI=1S/C10H6ClFN2O2S/c11-5-3-4(1-2-6(5)12)9-14-7(10(15)16)8(13)17-9/h1-3H,13H2,(H,15,16). The number of nitrogens with zero attached hydrogens (tertiary/aromatic N) is 1. The van der Waals surface area contributed by atoms with Gasteiger partial charge < -0.3 is 10.8 Å². The smallest absolute Gasteiger partial charge is 0.357 e. The number of rotatable bonds is 2. The van der Waals surface area contributed by atoms with E-state index in [-0.39, 0.29) is 15.7 Å². The average molecular weight is 273 g/mol. The minimum atomic E-state index is -1.20. The molecule has 0 bridgehead atoms. The number of aromatic carboxylic acids is 1. The van der Waals surface area contributed by atoms with E-state index in [1.165, 1.54) is 18.2 Å². The van der Waals surface area contributed by atoms with Crippen molar-refractivity contribution in [2.75, 3.05) is 5.73 Å². The molecule has 0 saturated carbocycles. The van der Waals surface area contributed by atoms with E-state index in [1.807, 2.05) is 0 Å². The Bertz CT molecular complexity index is 600. The topological polar surface area (TPSA) is 76.2 Å². The monoisotopic (exact) mass is 272 g/mol. The molecule has 0 spiro atoms. The number of thiazole rings is 1. The Morgan fingerprint density at radius 1 is 1.53 bits per heavy atom. The number of nitrogen functional groups attached to an aromatic ring is 1. The molecule has 1 heterocycles. The zero-order chi connectivity index (χ0) is 12.6. The van der Waals surface area contributed by atoms with Crippen molar-refractivity contribution >= 4 is 33.9 Å². The Morgan fingerprint density at radius 3 is 2.76 bits per heavy atom. The van der Waals surface area contributed by atoms with E-state index in [1.54, 1.807) is 0 Å². The lowest BCUT2D eigenvalue weighted by atomic mass is 10.2. The number of hydrogen-bond donors (Lipinski definition) is 2. The van der Waals surface area contributed by atoms with Crippen LogP contribution in [0.25, 0.3) is 10.6 Å². The molecule has 1 aromatic carbocycles. The second-order valence-electron chi connectivity index (χ2n) is 3.17. The van der Waals surface area contributed by atoms with Gasteiger partial charge in [-0.05, 0) is 18.2 Å². The first-order valence-corrected chi connectivity index (χ1v) is 5.63. The van der Waals surface area contributed by atoms with Crippen LogP contribution in [-0.2, 0) is 0 Å². The van der Waals surface area contributed by atoms with Crippen LogP contribution in [-0.4, -0.2) is 16.1 Å². The summed E-state index contributed by atoms with van der Waals surface area (Å²) in [4.78, 5) is 14.6. The van der Waals surface area contributed by atoms with E-state index in [9.17, 15) is 9.18 Å². The van der Waals surface area contributed by atoms with Gasteiger partial charge in [0.2, 0.25) is 0 Å². The van der Waals surface area contributed by atoms with Gasteiger partial charge in [0.25, 0.3) is 0 Å². The summed E-state index contributed by atoms with van der Waals surface area (Å²) in [6, 6.07) is 4.03. The molecule has 4 nitrogen and oxygen atoms in total. The number of nitrogens with two attached hydrogens (primary N) is 1.